The van der Waals surface area contributed by atoms with E-state index < -0.39 is 12.2 Å². The van der Waals surface area contributed by atoms with Gasteiger partial charge in [0.25, 0.3) is 0 Å². The molecular formula is C12H23N3O4. The van der Waals surface area contributed by atoms with E-state index in [1.807, 2.05) is 13.0 Å². The summed E-state index contributed by atoms with van der Waals surface area (Å²) in [5.41, 5.74) is 0. The lowest BCUT2D eigenvalue weighted by molar-refractivity contribution is -0.0461. The van der Waals surface area contributed by atoms with Gasteiger partial charge in [-0.2, -0.15) is 0 Å². The number of amides is 2. The number of nitrogens with one attached hydrogen (secondary N) is 2. The highest BCUT2D eigenvalue weighted by Crippen LogP contribution is 2.06. The number of ether oxygens (including phenoxy) is 1. The summed E-state index contributed by atoms with van der Waals surface area (Å²) in [6.07, 6.45) is 2.60. The van der Waals surface area contributed by atoms with Crippen molar-refractivity contribution in [2.45, 2.75) is 31.7 Å². The third-order valence-corrected chi connectivity index (χ3v) is 2.91. The first kappa shape index (κ1) is 15.9. The van der Waals surface area contributed by atoms with Crippen LogP contribution in [-0.2, 0) is 4.74 Å². The second-order valence-corrected chi connectivity index (χ2v) is 4.40. The van der Waals surface area contributed by atoms with Gasteiger partial charge < -0.3 is 20.3 Å². The molecule has 0 bridgehead atoms. The van der Waals surface area contributed by atoms with Gasteiger partial charge in [-0.15, -0.1) is 0 Å². The zero-order chi connectivity index (χ0) is 14.3. The van der Waals surface area contributed by atoms with Crippen LogP contribution in [0.2, 0.25) is 0 Å². The third kappa shape index (κ3) is 4.79. The SMILES string of the molecule is CCCNC1C=CN(CC(O)C(CO)OC)C(=O)N1. The van der Waals surface area contributed by atoms with Crippen LogP contribution in [0.25, 0.3) is 0 Å². The largest absolute Gasteiger partial charge is 0.394 e. The molecular weight excluding hydrogens is 250 g/mol. The molecule has 0 saturated heterocycles. The molecule has 0 saturated carbocycles. The van der Waals surface area contributed by atoms with Gasteiger partial charge in [0.15, 0.2) is 0 Å². The fourth-order valence-electron chi connectivity index (χ4n) is 1.76. The highest BCUT2D eigenvalue weighted by atomic mass is 16.5. The van der Waals surface area contributed by atoms with Crippen LogP contribution in [0.1, 0.15) is 13.3 Å². The van der Waals surface area contributed by atoms with Crippen molar-refractivity contribution in [3.63, 3.8) is 0 Å². The highest BCUT2D eigenvalue weighted by molar-refractivity contribution is 5.77. The Hall–Kier alpha value is -1.15. The highest BCUT2D eigenvalue weighted by Gasteiger charge is 2.25. The van der Waals surface area contributed by atoms with Gasteiger partial charge in [-0.25, -0.2) is 4.79 Å². The molecule has 1 aliphatic rings. The number of carbonyl (C=O) groups excluding carboxylic acids is 1. The first-order chi connectivity index (χ1) is 9.12. The summed E-state index contributed by atoms with van der Waals surface area (Å²) in [6, 6.07) is -0.289. The minimum atomic E-state index is -0.939. The first-order valence-corrected chi connectivity index (χ1v) is 6.43. The van der Waals surface area contributed by atoms with Crippen LogP contribution >= 0.6 is 0 Å². The summed E-state index contributed by atoms with van der Waals surface area (Å²) >= 11 is 0. The van der Waals surface area contributed by atoms with Gasteiger partial charge in [-0.05, 0) is 19.0 Å². The number of carbonyl (C=O) groups is 1. The van der Waals surface area contributed by atoms with Crippen molar-refractivity contribution < 1.29 is 19.7 Å². The monoisotopic (exact) mass is 273 g/mol. The molecule has 0 aromatic heterocycles. The Labute approximate surface area is 113 Å². The number of β-amino-alcohol motifs (C(OH)–C–C–N with tert-alkyl or cyclic N) is 1. The fourth-order valence-corrected chi connectivity index (χ4v) is 1.76. The molecule has 3 atom stereocenters. The third-order valence-electron chi connectivity index (χ3n) is 2.91. The molecule has 7 nitrogen and oxygen atoms in total. The molecule has 3 unspecified atom stereocenters. The standard InChI is InChI=1S/C12H23N3O4/c1-3-5-13-11-4-6-15(12(18)14-11)7-9(17)10(8-16)19-2/h4,6,9-11,13,16-17H,3,5,7-8H2,1-2H3,(H,14,18). The number of urea groups is 1. The van der Waals surface area contributed by atoms with Crippen LogP contribution in [-0.4, -0.2) is 66.3 Å². The Kier molecular flexibility index (Phi) is 6.79. The Balaban J connectivity index is 2.49. The molecule has 110 valence electrons. The van der Waals surface area contributed by atoms with Gasteiger partial charge in [0.1, 0.15) is 18.4 Å². The molecule has 19 heavy (non-hydrogen) atoms. The van der Waals surface area contributed by atoms with Crippen LogP contribution in [0.15, 0.2) is 12.3 Å². The summed E-state index contributed by atoms with van der Waals surface area (Å²) in [6.45, 7) is 2.64. The van der Waals surface area contributed by atoms with E-state index in [1.54, 1.807) is 6.20 Å². The van der Waals surface area contributed by atoms with E-state index in [0.717, 1.165) is 13.0 Å². The summed E-state index contributed by atoms with van der Waals surface area (Å²) < 4.78 is 4.92. The Bertz CT molecular complexity index is 307. The molecule has 0 fully saturated rings. The second-order valence-electron chi connectivity index (χ2n) is 4.40. The summed E-state index contributed by atoms with van der Waals surface area (Å²) in [5, 5.41) is 24.7. The maximum Gasteiger partial charge on any atom is 0.322 e. The minimum Gasteiger partial charge on any atom is -0.394 e. The van der Waals surface area contributed by atoms with E-state index in [0.29, 0.717) is 0 Å². The number of aliphatic hydroxyl groups is 2. The number of hydrogen-bond acceptors (Lipinski definition) is 5. The second kappa shape index (κ2) is 8.11. The zero-order valence-electron chi connectivity index (χ0n) is 11.4. The number of hydrogen-bond donors (Lipinski definition) is 4. The van der Waals surface area contributed by atoms with E-state index in [1.165, 1.54) is 12.0 Å². The normalized spacial score (nSPS) is 22.2. The van der Waals surface area contributed by atoms with Gasteiger partial charge in [-0.1, -0.05) is 6.92 Å². The molecule has 1 aliphatic heterocycles. The molecule has 2 amide bonds. The number of rotatable bonds is 8. The van der Waals surface area contributed by atoms with Crippen LogP contribution in [0.3, 0.4) is 0 Å². The van der Waals surface area contributed by atoms with Gasteiger partial charge >= 0.3 is 6.03 Å². The van der Waals surface area contributed by atoms with Gasteiger partial charge in [-0.3, -0.25) is 10.2 Å². The van der Waals surface area contributed by atoms with Crippen LogP contribution in [0.4, 0.5) is 4.79 Å². The van der Waals surface area contributed by atoms with E-state index in [9.17, 15) is 9.90 Å². The molecule has 4 N–H and O–H groups in total. The molecule has 1 rings (SSSR count). The van der Waals surface area contributed by atoms with Crippen molar-refractivity contribution in [2.75, 3.05) is 26.8 Å². The molecule has 0 radical (unpaired) electrons. The van der Waals surface area contributed by atoms with E-state index >= 15 is 0 Å². The molecule has 0 aliphatic carbocycles. The van der Waals surface area contributed by atoms with Crippen molar-refractivity contribution in [3.8, 4) is 0 Å². The quantitative estimate of drug-likeness (QED) is 0.465. The summed E-state index contributed by atoms with van der Waals surface area (Å²) in [4.78, 5) is 13.2. The maximum atomic E-state index is 11.8. The van der Waals surface area contributed by atoms with Crippen molar-refractivity contribution >= 4 is 6.03 Å². The van der Waals surface area contributed by atoms with Crippen LogP contribution in [0, 0.1) is 0 Å². The molecule has 0 aromatic carbocycles. The molecule has 0 spiro atoms. The van der Waals surface area contributed by atoms with E-state index in [2.05, 4.69) is 10.6 Å². The number of methoxy groups -OCH3 is 1. The minimum absolute atomic E-state index is 0.0713. The van der Waals surface area contributed by atoms with Gasteiger partial charge in [0.05, 0.1) is 13.2 Å². The van der Waals surface area contributed by atoms with Gasteiger partial charge in [0, 0.05) is 13.3 Å². The van der Waals surface area contributed by atoms with Crippen LogP contribution < -0.4 is 10.6 Å². The first-order valence-electron chi connectivity index (χ1n) is 6.43. The Morgan fingerprint density at radius 3 is 2.89 bits per heavy atom. The van der Waals surface area contributed by atoms with E-state index in [-0.39, 0.29) is 25.3 Å². The molecule has 1 heterocycles. The smallest absolute Gasteiger partial charge is 0.322 e. The maximum absolute atomic E-state index is 11.8. The topological polar surface area (TPSA) is 94.1 Å². The van der Waals surface area contributed by atoms with Gasteiger partial charge in [0.2, 0.25) is 0 Å². The average Bonchev–Trinajstić information content (AvgIpc) is 2.40. The van der Waals surface area contributed by atoms with Crippen molar-refractivity contribution in [1.82, 2.24) is 15.5 Å². The van der Waals surface area contributed by atoms with Crippen molar-refractivity contribution in [3.05, 3.63) is 12.3 Å². The van der Waals surface area contributed by atoms with Crippen molar-refractivity contribution in [1.29, 1.82) is 0 Å². The lowest BCUT2D eigenvalue weighted by Crippen LogP contribution is -2.54. The van der Waals surface area contributed by atoms with Crippen LogP contribution in [0.5, 0.6) is 0 Å². The Morgan fingerprint density at radius 1 is 1.63 bits per heavy atom. The van der Waals surface area contributed by atoms with Crippen molar-refractivity contribution in [2.24, 2.45) is 0 Å². The molecule has 7 heteroatoms. The Morgan fingerprint density at radius 2 is 2.37 bits per heavy atom. The summed E-state index contributed by atoms with van der Waals surface area (Å²) in [5.74, 6) is 0. The zero-order valence-corrected chi connectivity index (χ0v) is 11.4. The lowest BCUT2D eigenvalue weighted by Gasteiger charge is -2.30. The fraction of sp³-hybridized carbons (Fsp3) is 0.750. The average molecular weight is 273 g/mol. The predicted molar refractivity (Wildman–Crippen MR) is 70.3 cm³/mol. The molecule has 0 aromatic rings. The lowest BCUT2D eigenvalue weighted by atomic mass is 10.2. The number of aliphatic hydroxyl groups excluding tert-OH is 2. The summed E-state index contributed by atoms with van der Waals surface area (Å²) in [7, 11) is 1.40. The predicted octanol–water partition coefficient (Wildman–Crippen LogP) is -0.781. The van der Waals surface area contributed by atoms with E-state index in [4.69, 9.17) is 9.84 Å². The number of nitrogens with zero attached hydrogens (tertiary/aromatic N) is 1.